The Morgan fingerprint density at radius 3 is 1.95 bits per heavy atom. The Labute approximate surface area is 137 Å². The molecule has 2 unspecified atom stereocenters. The minimum atomic E-state index is -6.42. The first kappa shape index (κ1) is 20.5. The second-order valence-corrected chi connectivity index (χ2v) is 8.33. The SMILES string of the molecule is CC(I)(CI)C(=O)OC(C(F)(F)F)C(F)(F)S(=O)(=O)O. The molecule has 0 bridgehead atoms. The van der Waals surface area contributed by atoms with Gasteiger partial charge in [0.05, 0.1) is 0 Å². The van der Waals surface area contributed by atoms with Gasteiger partial charge in [0, 0.05) is 4.43 Å². The van der Waals surface area contributed by atoms with Crippen LogP contribution >= 0.6 is 45.2 Å². The zero-order chi connectivity index (χ0) is 16.6. The minimum absolute atomic E-state index is 0.0772. The number of halogens is 7. The Balaban J connectivity index is 5.62. The normalized spacial score (nSPS) is 18.2. The van der Waals surface area contributed by atoms with Crippen LogP contribution < -0.4 is 0 Å². The molecule has 0 saturated carbocycles. The molecule has 2 atom stereocenters. The first-order chi connectivity index (χ1) is 8.57. The molecular weight excluding hydrogens is 545 g/mol. The number of esters is 1. The predicted octanol–water partition coefficient (Wildman–Crippen LogP) is 2.57. The van der Waals surface area contributed by atoms with E-state index >= 15 is 0 Å². The summed E-state index contributed by atoms with van der Waals surface area (Å²) < 4.78 is 94.4. The number of ether oxygens (including phenoxy) is 1. The molecule has 0 fully saturated rings. The number of carbonyl (C=O) groups excluding carboxylic acids is 1. The van der Waals surface area contributed by atoms with Crippen molar-refractivity contribution in [3.05, 3.63) is 0 Å². The molecule has 0 heterocycles. The van der Waals surface area contributed by atoms with Gasteiger partial charge in [-0.3, -0.25) is 9.35 Å². The van der Waals surface area contributed by atoms with E-state index in [9.17, 15) is 35.2 Å². The van der Waals surface area contributed by atoms with Crippen molar-refractivity contribution in [1.29, 1.82) is 0 Å². The highest BCUT2D eigenvalue weighted by Gasteiger charge is 2.66. The Kier molecular flexibility index (Phi) is 6.47. The van der Waals surface area contributed by atoms with Gasteiger partial charge < -0.3 is 4.74 Å². The van der Waals surface area contributed by atoms with E-state index in [1.165, 1.54) is 22.6 Å². The molecule has 0 aromatic heterocycles. The van der Waals surface area contributed by atoms with E-state index in [1.807, 2.05) is 0 Å². The van der Waals surface area contributed by atoms with Crippen LogP contribution in [0.3, 0.4) is 0 Å². The highest BCUT2D eigenvalue weighted by molar-refractivity contribution is 14.1. The van der Waals surface area contributed by atoms with Crippen LogP contribution in [0.15, 0.2) is 0 Å². The molecule has 0 aromatic rings. The third-order valence-electron chi connectivity index (χ3n) is 1.85. The molecule has 0 aliphatic carbocycles. The fraction of sp³-hybridized carbons (Fsp3) is 0.857. The number of carbonyl (C=O) groups is 1. The van der Waals surface area contributed by atoms with Gasteiger partial charge in [0.25, 0.3) is 6.10 Å². The summed E-state index contributed by atoms with van der Waals surface area (Å²) in [5, 5.41) is -5.71. The zero-order valence-corrected chi connectivity index (χ0v) is 14.6. The van der Waals surface area contributed by atoms with Crippen LogP contribution in [-0.4, -0.2) is 44.3 Å². The van der Waals surface area contributed by atoms with Crippen molar-refractivity contribution >= 4 is 61.3 Å². The van der Waals surface area contributed by atoms with E-state index in [-0.39, 0.29) is 4.43 Å². The molecule has 120 valence electrons. The molecule has 20 heavy (non-hydrogen) atoms. The standard InChI is InChI=1S/C7H7F5I2O5S/c1-5(14,2-13)4(15)19-3(6(8,9)10)7(11,12)20(16,17)18/h3H,2H2,1H3,(H,16,17,18). The summed E-state index contributed by atoms with van der Waals surface area (Å²) >= 11 is 2.98. The Hall–Kier alpha value is 0.490. The van der Waals surface area contributed by atoms with Gasteiger partial charge in [-0.2, -0.15) is 30.4 Å². The number of alkyl halides is 7. The molecular formula is C7H7F5I2O5S. The summed E-state index contributed by atoms with van der Waals surface area (Å²) in [7, 11) is -6.42. The minimum Gasteiger partial charge on any atom is -0.444 e. The summed E-state index contributed by atoms with van der Waals surface area (Å²) in [5.41, 5.74) is 0. The van der Waals surface area contributed by atoms with Crippen LogP contribution in [-0.2, 0) is 19.6 Å². The van der Waals surface area contributed by atoms with E-state index < -0.39 is 37.0 Å². The van der Waals surface area contributed by atoms with Crippen LogP contribution in [0.4, 0.5) is 22.0 Å². The van der Waals surface area contributed by atoms with Crippen LogP contribution in [0.5, 0.6) is 0 Å². The molecule has 0 radical (unpaired) electrons. The van der Waals surface area contributed by atoms with Gasteiger partial charge in [0.2, 0.25) is 0 Å². The van der Waals surface area contributed by atoms with Crippen molar-refractivity contribution in [1.82, 2.24) is 0 Å². The second kappa shape index (κ2) is 6.31. The predicted molar refractivity (Wildman–Crippen MR) is 73.7 cm³/mol. The molecule has 13 heteroatoms. The van der Waals surface area contributed by atoms with Crippen LogP contribution in [0.25, 0.3) is 0 Å². The highest BCUT2D eigenvalue weighted by Crippen LogP contribution is 2.39. The lowest BCUT2D eigenvalue weighted by Gasteiger charge is -2.28. The molecule has 0 amide bonds. The van der Waals surface area contributed by atoms with Crippen molar-refractivity contribution in [2.45, 2.75) is 27.9 Å². The van der Waals surface area contributed by atoms with E-state index in [4.69, 9.17) is 4.55 Å². The number of hydrogen-bond donors (Lipinski definition) is 1. The highest BCUT2D eigenvalue weighted by atomic mass is 127. The zero-order valence-electron chi connectivity index (χ0n) is 9.42. The van der Waals surface area contributed by atoms with Gasteiger partial charge in [-0.25, -0.2) is 0 Å². The summed E-state index contributed by atoms with van der Waals surface area (Å²) in [4.78, 5) is 11.4. The monoisotopic (exact) mass is 552 g/mol. The van der Waals surface area contributed by atoms with Crippen molar-refractivity contribution in [2.75, 3.05) is 4.43 Å². The summed E-state index contributed by atoms with van der Waals surface area (Å²) in [6, 6.07) is 0. The van der Waals surface area contributed by atoms with E-state index in [0.717, 1.165) is 6.92 Å². The smallest absolute Gasteiger partial charge is 0.432 e. The summed E-state index contributed by atoms with van der Waals surface area (Å²) in [5.74, 6) is -1.68. The van der Waals surface area contributed by atoms with Gasteiger partial charge >= 0.3 is 27.5 Å². The van der Waals surface area contributed by atoms with Crippen molar-refractivity contribution in [3.8, 4) is 0 Å². The van der Waals surface area contributed by atoms with Gasteiger partial charge in [0.15, 0.2) is 0 Å². The quantitative estimate of drug-likeness (QED) is 0.187. The van der Waals surface area contributed by atoms with E-state index in [2.05, 4.69) is 4.74 Å². The number of hydrogen-bond acceptors (Lipinski definition) is 4. The molecule has 0 spiro atoms. The Morgan fingerprint density at radius 1 is 1.30 bits per heavy atom. The summed E-state index contributed by atoms with van der Waals surface area (Å²) in [6.07, 6.45) is -10.2. The van der Waals surface area contributed by atoms with Gasteiger partial charge in [-0.05, 0) is 6.92 Å². The van der Waals surface area contributed by atoms with Crippen LogP contribution in [0, 0.1) is 0 Å². The van der Waals surface area contributed by atoms with Crippen LogP contribution in [0.1, 0.15) is 6.92 Å². The number of rotatable bonds is 5. The first-order valence-electron chi connectivity index (χ1n) is 4.45. The largest absolute Gasteiger partial charge is 0.444 e. The average molecular weight is 552 g/mol. The Bertz CT molecular complexity index is 474. The lowest BCUT2D eigenvalue weighted by Crippen LogP contribution is -2.53. The topological polar surface area (TPSA) is 80.7 Å². The van der Waals surface area contributed by atoms with Gasteiger partial charge in [0.1, 0.15) is 3.42 Å². The molecule has 0 rings (SSSR count). The van der Waals surface area contributed by atoms with Gasteiger partial charge in [-0.15, -0.1) is 0 Å². The molecule has 1 N–H and O–H groups in total. The van der Waals surface area contributed by atoms with Crippen molar-refractivity contribution < 1.29 is 44.5 Å². The van der Waals surface area contributed by atoms with Crippen molar-refractivity contribution in [2.24, 2.45) is 0 Å². The third kappa shape index (κ3) is 4.75. The maximum Gasteiger partial charge on any atom is 0.432 e. The molecule has 0 saturated heterocycles. The molecule has 0 aliphatic heterocycles. The molecule has 5 nitrogen and oxygen atoms in total. The lowest BCUT2D eigenvalue weighted by atomic mass is 10.2. The maximum absolute atomic E-state index is 13.1. The summed E-state index contributed by atoms with van der Waals surface area (Å²) in [6.45, 7) is 1.11. The average Bonchev–Trinajstić information content (AvgIpc) is 2.21. The fourth-order valence-electron chi connectivity index (χ4n) is 0.746. The second-order valence-electron chi connectivity index (χ2n) is 3.69. The van der Waals surface area contributed by atoms with E-state index in [1.54, 1.807) is 22.6 Å². The fourth-order valence-corrected chi connectivity index (χ4v) is 1.64. The Morgan fingerprint density at radius 2 is 1.70 bits per heavy atom. The van der Waals surface area contributed by atoms with Crippen molar-refractivity contribution in [3.63, 3.8) is 0 Å². The molecule has 0 aliphatic rings. The lowest BCUT2D eigenvalue weighted by molar-refractivity contribution is -0.259. The van der Waals surface area contributed by atoms with E-state index in [0.29, 0.717) is 0 Å². The first-order valence-corrected chi connectivity index (χ1v) is 8.49. The van der Waals surface area contributed by atoms with Crippen LogP contribution in [0.2, 0.25) is 0 Å². The third-order valence-corrected chi connectivity index (χ3v) is 6.56. The van der Waals surface area contributed by atoms with Gasteiger partial charge in [-0.1, -0.05) is 45.2 Å². The maximum atomic E-state index is 13.1. The molecule has 0 aromatic carbocycles.